The minimum atomic E-state index is 0.915. The van der Waals surface area contributed by atoms with Crippen LogP contribution < -0.4 is 4.74 Å². The second kappa shape index (κ2) is 4.22. The van der Waals surface area contributed by atoms with E-state index in [0.717, 1.165) is 22.7 Å². The lowest BCUT2D eigenvalue weighted by Crippen LogP contribution is -2.02. The molecule has 2 nitrogen and oxygen atoms in total. The number of rotatable bonds is 0. The first-order valence-electron chi connectivity index (χ1n) is 6.31. The molecule has 0 saturated heterocycles. The van der Waals surface area contributed by atoms with Crippen molar-refractivity contribution in [1.29, 1.82) is 0 Å². The molecule has 0 fully saturated rings. The van der Waals surface area contributed by atoms with Crippen LogP contribution >= 0.6 is 0 Å². The van der Waals surface area contributed by atoms with Gasteiger partial charge in [-0.15, -0.1) is 0 Å². The van der Waals surface area contributed by atoms with Crippen LogP contribution in [0.15, 0.2) is 54.7 Å². The summed E-state index contributed by atoms with van der Waals surface area (Å²) in [7, 11) is 0. The fourth-order valence-corrected chi connectivity index (χ4v) is 2.31. The first-order chi connectivity index (χ1) is 8.93. The maximum Gasteiger partial charge on any atom is 0.152 e. The van der Waals surface area contributed by atoms with Crippen LogP contribution in [-0.4, -0.2) is 4.57 Å². The van der Waals surface area contributed by atoms with Crippen molar-refractivity contribution in [3.05, 3.63) is 54.7 Å². The second-order valence-electron chi connectivity index (χ2n) is 3.95. The van der Waals surface area contributed by atoms with Crippen molar-refractivity contribution in [2.75, 3.05) is 0 Å². The number of aromatic nitrogens is 1. The van der Waals surface area contributed by atoms with Gasteiger partial charge in [0.1, 0.15) is 0 Å². The molecule has 0 saturated carbocycles. The van der Waals surface area contributed by atoms with Crippen LogP contribution in [0.1, 0.15) is 13.8 Å². The zero-order valence-electron chi connectivity index (χ0n) is 10.6. The van der Waals surface area contributed by atoms with E-state index in [-0.39, 0.29) is 0 Å². The van der Waals surface area contributed by atoms with Crippen molar-refractivity contribution in [3.63, 3.8) is 0 Å². The van der Waals surface area contributed by atoms with Crippen LogP contribution in [0.5, 0.6) is 11.5 Å². The Hall–Kier alpha value is -2.22. The van der Waals surface area contributed by atoms with Crippen LogP contribution in [0.25, 0.3) is 16.6 Å². The van der Waals surface area contributed by atoms with E-state index in [4.69, 9.17) is 4.74 Å². The minimum Gasteiger partial charge on any atom is -0.453 e. The Morgan fingerprint density at radius 1 is 0.833 bits per heavy atom. The molecule has 0 amide bonds. The fourth-order valence-electron chi connectivity index (χ4n) is 2.31. The van der Waals surface area contributed by atoms with Crippen LogP contribution in [0, 0.1) is 0 Å². The molecule has 0 spiro atoms. The normalized spacial score (nSPS) is 11.2. The van der Waals surface area contributed by atoms with Gasteiger partial charge in [0.25, 0.3) is 0 Å². The number of hydrogen-bond donors (Lipinski definition) is 0. The SMILES string of the molecule is CC.c1ccc2c(c1)Oc1cccc3ccn-2c13. The van der Waals surface area contributed by atoms with Crippen LogP contribution in [0.2, 0.25) is 0 Å². The average Bonchev–Trinajstić information content (AvgIpc) is 2.88. The number of benzene rings is 2. The molecule has 0 N–H and O–H groups in total. The molecular formula is C16H15NO. The monoisotopic (exact) mass is 237 g/mol. The molecule has 0 unspecified atom stereocenters. The summed E-state index contributed by atoms with van der Waals surface area (Å²) in [5.74, 6) is 1.85. The Labute approximate surface area is 106 Å². The highest BCUT2D eigenvalue weighted by Crippen LogP contribution is 2.40. The van der Waals surface area contributed by atoms with E-state index >= 15 is 0 Å². The van der Waals surface area contributed by atoms with Gasteiger partial charge in [0, 0.05) is 11.6 Å². The Bertz CT molecular complexity index is 697. The second-order valence-corrected chi connectivity index (χ2v) is 3.95. The van der Waals surface area contributed by atoms with Gasteiger partial charge >= 0.3 is 0 Å². The van der Waals surface area contributed by atoms with Gasteiger partial charge in [0.2, 0.25) is 0 Å². The van der Waals surface area contributed by atoms with Crippen molar-refractivity contribution < 1.29 is 4.74 Å². The molecule has 4 rings (SSSR count). The molecule has 0 bridgehead atoms. The van der Waals surface area contributed by atoms with Crippen LogP contribution in [0.4, 0.5) is 0 Å². The molecule has 0 atom stereocenters. The maximum absolute atomic E-state index is 5.89. The van der Waals surface area contributed by atoms with E-state index in [1.165, 1.54) is 5.39 Å². The standard InChI is InChI=1S/C14H9NO.C2H6/c1-2-6-12-11(5-1)15-9-8-10-4-3-7-13(16-12)14(10)15;1-2/h1-9H;1-2H3. The molecule has 0 radical (unpaired) electrons. The summed E-state index contributed by atoms with van der Waals surface area (Å²) in [6.07, 6.45) is 2.09. The van der Waals surface area contributed by atoms with Crippen molar-refractivity contribution in [1.82, 2.24) is 4.57 Å². The largest absolute Gasteiger partial charge is 0.453 e. The third-order valence-corrected chi connectivity index (χ3v) is 3.02. The van der Waals surface area contributed by atoms with E-state index < -0.39 is 0 Å². The van der Waals surface area contributed by atoms with E-state index in [1.807, 2.05) is 44.2 Å². The smallest absolute Gasteiger partial charge is 0.152 e. The average molecular weight is 237 g/mol. The summed E-state index contributed by atoms with van der Waals surface area (Å²) in [6, 6.07) is 16.3. The molecule has 1 aliphatic rings. The number of fused-ring (bicyclic) bond motifs is 2. The molecule has 2 heteroatoms. The molecule has 2 heterocycles. The number of ether oxygens (including phenoxy) is 1. The lowest BCUT2D eigenvalue weighted by Gasteiger charge is -2.19. The molecule has 1 aliphatic heterocycles. The predicted molar refractivity (Wildman–Crippen MR) is 74.7 cm³/mol. The van der Waals surface area contributed by atoms with E-state index in [9.17, 15) is 0 Å². The van der Waals surface area contributed by atoms with Crippen molar-refractivity contribution >= 4 is 10.9 Å². The van der Waals surface area contributed by atoms with Gasteiger partial charge in [-0.05, 0) is 24.3 Å². The summed E-state index contributed by atoms with van der Waals surface area (Å²) >= 11 is 0. The number of para-hydroxylation sites is 3. The van der Waals surface area contributed by atoms with Gasteiger partial charge in [-0.25, -0.2) is 0 Å². The van der Waals surface area contributed by atoms with Gasteiger partial charge in [0.05, 0.1) is 11.2 Å². The molecule has 1 aromatic heterocycles. The molecule has 3 aromatic rings. The van der Waals surface area contributed by atoms with E-state index in [2.05, 4.69) is 29.0 Å². The highest BCUT2D eigenvalue weighted by atomic mass is 16.5. The minimum absolute atomic E-state index is 0.915. The predicted octanol–water partition coefficient (Wildman–Crippen LogP) is 4.76. The van der Waals surface area contributed by atoms with Gasteiger partial charge in [0.15, 0.2) is 11.5 Å². The Balaban J connectivity index is 0.000000478. The highest BCUT2D eigenvalue weighted by molar-refractivity contribution is 5.89. The van der Waals surface area contributed by atoms with Gasteiger partial charge in [-0.3, -0.25) is 0 Å². The first kappa shape index (κ1) is 10.9. The van der Waals surface area contributed by atoms with E-state index in [1.54, 1.807) is 0 Å². The topological polar surface area (TPSA) is 14.2 Å². The van der Waals surface area contributed by atoms with Crippen LogP contribution in [0.3, 0.4) is 0 Å². The molecule has 90 valence electrons. The van der Waals surface area contributed by atoms with Crippen molar-refractivity contribution in [3.8, 4) is 17.2 Å². The Morgan fingerprint density at radius 2 is 1.61 bits per heavy atom. The molecule has 2 aromatic carbocycles. The zero-order chi connectivity index (χ0) is 12.5. The third-order valence-electron chi connectivity index (χ3n) is 3.02. The third kappa shape index (κ3) is 1.42. The lowest BCUT2D eigenvalue weighted by atomic mass is 10.2. The molecular weight excluding hydrogens is 222 g/mol. The molecule has 18 heavy (non-hydrogen) atoms. The Kier molecular flexibility index (Phi) is 2.56. The number of nitrogens with zero attached hydrogens (tertiary/aromatic N) is 1. The van der Waals surface area contributed by atoms with Crippen molar-refractivity contribution in [2.24, 2.45) is 0 Å². The summed E-state index contributed by atoms with van der Waals surface area (Å²) in [4.78, 5) is 0. The maximum atomic E-state index is 5.89. The summed E-state index contributed by atoms with van der Waals surface area (Å²) < 4.78 is 8.07. The van der Waals surface area contributed by atoms with Gasteiger partial charge in [-0.1, -0.05) is 38.1 Å². The fraction of sp³-hybridized carbons (Fsp3) is 0.125. The first-order valence-corrected chi connectivity index (χ1v) is 6.31. The quantitative estimate of drug-likeness (QED) is 0.430. The summed E-state index contributed by atoms with van der Waals surface area (Å²) in [5.41, 5.74) is 2.26. The summed E-state index contributed by atoms with van der Waals surface area (Å²) in [5, 5.41) is 1.21. The summed E-state index contributed by atoms with van der Waals surface area (Å²) in [6.45, 7) is 4.00. The Morgan fingerprint density at radius 3 is 2.50 bits per heavy atom. The lowest BCUT2D eigenvalue weighted by molar-refractivity contribution is 0.475. The van der Waals surface area contributed by atoms with Gasteiger partial charge in [-0.2, -0.15) is 0 Å². The number of hydrogen-bond acceptors (Lipinski definition) is 1. The van der Waals surface area contributed by atoms with Crippen LogP contribution in [-0.2, 0) is 0 Å². The highest BCUT2D eigenvalue weighted by Gasteiger charge is 2.18. The zero-order valence-corrected chi connectivity index (χ0v) is 10.6. The van der Waals surface area contributed by atoms with Crippen molar-refractivity contribution in [2.45, 2.75) is 13.8 Å². The van der Waals surface area contributed by atoms with Gasteiger partial charge < -0.3 is 9.30 Å². The molecule has 0 aliphatic carbocycles. The van der Waals surface area contributed by atoms with E-state index in [0.29, 0.717) is 0 Å².